The number of carbonyl (C=O) groups excluding carboxylic acids is 1. The van der Waals surface area contributed by atoms with E-state index in [1.165, 1.54) is 0 Å². The highest BCUT2D eigenvalue weighted by Crippen LogP contribution is 2.11. The minimum absolute atomic E-state index is 0.425. The van der Waals surface area contributed by atoms with Crippen molar-refractivity contribution in [2.75, 3.05) is 11.9 Å². The summed E-state index contributed by atoms with van der Waals surface area (Å²) in [5.74, 6) is -0.425. The molecule has 3 nitrogen and oxygen atoms in total. The lowest BCUT2D eigenvalue weighted by Gasteiger charge is -2.05. The minimum Gasteiger partial charge on any atom is -0.380 e. The largest absolute Gasteiger partial charge is 0.380 e. The molecule has 0 saturated heterocycles. The van der Waals surface area contributed by atoms with Gasteiger partial charge in [-0.1, -0.05) is 28.6 Å². The van der Waals surface area contributed by atoms with Gasteiger partial charge in [-0.3, -0.25) is 4.79 Å². The Bertz CT molecular complexity index is 363. The lowest BCUT2D eigenvalue weighted by molar-refractivity contribution is 0.100. The molecule has 1 amide bonds. The van der Waals surface area contributed by atoms with E-state index in [4.69, 9.17) is 5.73 Å². The molecule has 0 heterocycles. The lowest BCUT2D eigenvalue weighted by Crippen LogP contribution is -2.11. The van der Waals surface area contributed by atoms with Crippen LogP contribution in [0, 0.1) is 0 Å². The topological polar surface area (TPSA) is 55.1 Å². The van der Waals surface area contributed by atoms with E-state index in [1.54, 1.807) is 18.2 Å². The molecule has 1 rings (SSSR count). The molecule has 0 fully saturated rings. The third kappa shape index (κ3) is 3.22. The van der Waals surface area contributed by atoms with Crippen LogP contribution < -0.4 is 11.1 Å². The molecule has 3 N–H and O–H groups in total. The molecule has 1 aromatic carbocycles. The second-order valence-electron chi connectivity index (χ2n) is 2.82. The van der Waals surface area contributed by atoms with E-state index >= 15 is 0 Å². The number of amides is 1. The van der Waals surface area contributed by atoms with Gasteiger partial charge in [0.1, 0.15) is 0 Å². The minimum atomic E-state index is -0.425. The zero-order valence-corrected chi connectivity index (χ0v) is 9.17. The van der Waals surface area contributed by atoms with Gasteiger partial charge in [0.15, 0.2) is 0 Å². The predicted octanol–water partition coefficient (Wildman–Crippen LogP) is 2.11. The highest BCUT2D eigenvalue weighted by Gasteiger charge is 2.00. The van der Waals surface area contributed by atoms with Gasteiger partial charge in [0, 0.05) is 22.3 Å². The number of nitrogens with one attached hydrogen (secondary N) is 1. The Labute approximate surface area is 91.1 Å². The number of halogens is 1. The standard InChI is InChI=1S/C10H11BrN2O/c1-7(11)6-13-9-4-2-3-8(5-9)10(12)14/h2-5,13H,1,6H2,(H2,12,14). The second-order valence-corrected chi connectivity index (χ2v) is 3.94. The SMILES string of the molecule is C=C(Br)CNc1cccc(C(N)=O)c1. The van der Waals surface area contributed by atoms with Crippen LogP contribution in [0.4, 0.5) is 5.69 Å². The van der Waals surface area contributed by atoms with Crippen LogP contribution >= 0.6 is 15.9 Å². The zero-order valence-electron chi connectivity index (χ0n) is 7.59. The summed E-state index contributed by atoms with van der Waals surface area (Å²) in [6, 6.07) is 7.02. The number of carbonyl (C=O) groups is 1. The van der Waals surface area contributed by atoms with Crippen LogP contribution in [0.3, 0.4) is 0 Å². The fourth-order valence-electron chi connectivity index (χ4n) is 0.980. The summed E-state index contributed by atoms with van der Waals surface area (Å²) in [6.45, 7) is 4.30. The van der Waals surface area contributed by atoms with Crippen molar-refractivity contribution < 1.29 is 4.79 Å². The summed E-state index contributed by atoms with van der Waals surface area (Å²) in [5.41, 5.74) is 6.49. The van der Waals surface area contributed by atoms with Crippen molar-refractivity contribution in [3.8, 4) is 0 Å². The van der Waals surface area contributed by atoms with E-state index in [1.807, 2.05) is 6.07 Å². The van der Waals surface area contributed by atoms with Gasteiger partial charge in [0.05, 0.1) is 0 Å². The van der Waals surface area contributed by atoms with E-state index in [-0.39, 0.29) is 0 Å². The number of primary amides is 1. The summed E-state index contributed by atoms with van der Waals surface area (Å²) in [4.78, 5) is 10.9. The summed E-state index contributed by atoms with van der Waals surface area (Å²) in [5, 5.41) is 3.09. The maximum absolute atomic E-state index is 10.9. The lowest BCUT2D eigenvalue weighted by atomic mass is 10.2. The van der Waals surface area contributed by atoms with Crippen molar-refractivity contribution in [3.05, 3.63) is 40.9 Å². The third-order valence-electron chi connectivity index (χ3n) is 1.63. The van der Waals surface area contributed by atoms with Gasteiger partial charge >= 0.3 is 0 Å². The first kappa shape index (κ1) is 10.8. The molecule has 1 aromatic rings. The molecule has 0 aromatic heterocycles. The molecule has 0 aliphatic rings. The van der Waals surface area contributed by atoms with E-state index in [0.29, 0.717) is 12.1 Å². The molecule has 0 aliphatic heterocycles. The normalized spacial score (nSPS) is 9.50. The summed E-state index contributed by atoms with van der Waals surface area (Å²) < 4.78 is 0.849. The second kappa shape index (κ2) is 4.81. The number of rotatable bonds is 4. The van der Waals surface area contributed by atoms with Crippen molar-refractivity contribution in [1.29, 1.82) is 0 Å². The highest BCUT2D eigenvalue weighted by atomic mass is 79.9. The molecule has 0 saturated carbocycles. The van der Waals surface area contributed by atoms with Crippen LogP contribution in [0.2, 0.25) is 0 Å². The Hall–Kier alpha value is -1.29. The van der Waals surface area contributed by atoms with E-state index in [2.05, 4.69) is 27.8 Å². The Balaban J connectivity index is 2.73. The van der Waals surface area contributed by atoms with Crippen LogP contribution in [-0.4, -0.2) is 12.5 Å². The quantitative estimate of drug-likeness (QED) is 0.865. The monoisotopic (exact) mass is 254 g/mol. The maximum atomic E-state index is 10.9. The molecule has 0 unspecified atom stereocenters. The molecule has 0 spiro atoms. The summed E-state index contributed by atoms with van der Waals surface area (Å²) >= 11 is 3.23. The predicted molar refractivity (Wildman–Crippen MR) is 61.5 cm³/mol. The van der Waals surface area contributed by atoms with Crippen molar-refractivity contribution in [3.63, 3.8) is 0 Å². The Morgan fingerprint density at radius 2 is 2.29 bits per heavy atom. The first-order chi connectivity index (χ1) is 6.59. The molecule has 0 radical (unpaired) electrons. The summed E-state index contributed by atoms with van der Waals surface area (Å²) in [6.07, 6.45) is 0. The Morgan fingerprint density at radius 3 is 2.86 bits per heavy atom. The molecule has 0 bridgehead atoms. The molecule has 74 valence electrons. The average molecular weight is 255 g/mol. The zero-order chi connectivity index (χ0) is 10.6. The number of benzene rings is 1. The molecule has 0 atom stereocenters. The van der Waals surface area contributed by atoms with Crippen LogP contribution in [0.5, 0.6) is 0 Å². The highest BCUT2D eigenvalue weighted by molar-refractivity contribution is 9.11. The van der Waals surface area contributed by atoms with Gasteiger partial charge in [0.2, 0.25) is 5.91 Å². The van der Waals surface area contributed by atoms with Gasteiger partial charge in [-0.2, -0.15) is 0 Å². The van der Waals surface area contributed by atoms with E-state index in [0.717, 1.165) is 10.2 Å². The van der Waals surface area contributed by atoms with Crippen LogP contribution in [0.1, 0.15) is 10.4 Å². The first-order valence-electron chi connectivity index (χ1n) is 4.06. The van der Waals surface area contributed by atoms with Gasteiger partial charge in [-0.05, 0) is 18.2 Å². The molecule has 14 heavy (non-hydrogen) atoms. The molecular formula is C10H11BrN2O. The van der Waals surface area contributed by atoms with E-state index < -0.39 is 5.91 Å². The fraction of sp³-hybridized carbons (Fsp3) is 0.100. The third-order valence-corrected chi connectivity index (χ3v) is 1.91. The fourth-order valence-corrected chi connectivity index (χ4v) is 1.12. The molecular weight excluding hydrogens is 244 g/mol. The smallest absolute Gasteiger partial charge is 0.248 e. The van der Waals surface area contributed by atoms with Gasteiger partial charge in [-0.15, -0.1) is 0 Å². The van der Waals surface area contributed by atoms with Crippen molar-refractivity contribution >= 4 is 27.5 Å². The number of nitrogens with two attached hydrogens (primary N) is 1. The van der Waals surface area contributed by atoms with Crippen LogP contribution in [-0.2, 0) is 0 Å². The van der Waals surface area contributed by atoms with Crippen LogP contribution in [0.15, 0.2) is 35.3 Å². The number of hydrogen-bond donors (Lipinski definition) is 2. The van der Waals surface area contributed by atoms with Gasteiger partial charge in [-0.25, -0.2) is 0 Å². The summed E-state index contributed by atoms with van der Waals surface area (Å²) in [7, 11) is 0. The van der Waals surface area contributed by atoms with Gasteiger partial charge in [0.25, 0.3) is 0 Å². The first-order valence-corrected chi connectivity index (χ1v) is 4.86. The maximum Gasteiger partial charge on any atom is 0.248 e. The average Bonchev–Trinajstić information content (AvgIpc) is 2.15. The van der Waals surface area contributed by atoms with Crippen molar-refractivity contribution in [1.82, 2.24) is 0 Å². The Kier molecular flexibility index (Phi) is 3.71. The molecule has 0 aliphatic carbocycles. The number of hydrogen-bond acceptors (Lipinski definition) is 2. The van der Waals surface area contributed by atoms with Crippen LogP contribution in [0.25, 0.3) is 0 Å². The molecule has 4 heteroatoms. The Morgan fingerprint density at radius 1 is 1.57 bits per heavy atom. The van der Waals surface area contributed by atoms with Crippen molar-refractivity contribution in [2.45, 2.75) is 0 Å². The van der Waals surface area contributed by atoms with Gasteiger partial charge < -0.3 is 11.1 Å². The number of anilines is 1. The van der Waals surface area contributed by atoms with Crippen molar-refractivity contribution in [2.24, 2.45) is 5.73 Å². The van der Waals surface area contributed by atoms with E-state index in [9.17, 15) is 4.79 Å².